The van der Waals surface area contributed by atoms with Gasteiger partial charge in [-0.15, -0.1) is 0 Å². The van der Waals surface area contributed by atoms with E-state index in [9.17, 15) is 8.42 Å². The van der Waals surface area contributed by atoms with Crippen molar-refractivity contribution < 1.29 is 13.2 Å². The van der Waals surface area contributed by atoms with Crippen LogP contribution < -0.4 is 0 Å². The van der Waals surface area contributed by atoms with E-state index in [4.69, 9.17) is 9.72 Å². The molecule has 7 nitrogen and oxygen atoms in total. The Balaban J connectivity index is 1.96. The highest BCUT2D eigenvalue weighted by Crippen LogP contribution is 2.23. The number of sulfonamides is 1. The van der Waals surface area contributed by atoms with Crippen LogP contribution in [0.25, 0.3) is 11.0 Å². The second kappa shape index (κ2) is 7.26. The van der Waals surface area contributed by atoms with Gasteiger partial charge in [0.2, 0.25) is 10.0 Å². The first-order valence-electron chi connectivity index (χ1n) is 9.02. The maximum atomic E-state index is 12.4. The van der Waals surface area contributed by atoms with E-state index in [0.29, 0.717) is 0 Å². The predicted molar refractivity (Wildman–Crippen MR) is 102 cm³/mol. The molecule has 0 bridgehead atoms. The Morgan fingerprint density at radius 1 is 1.23 bits per heavy atom. The molecule has 2 heterocycles. The van der Waals surface area contributed by atoms with E-state index in [1.54, 1.807) is 12.1 Å². The van der Waals surface area contributed by atoms with Crippen LogP contribution in [0, 0.1) is 0 Å². The van der Waals surface area contributed by atoms with E-state index < -0.39 is 10.0 Å². The van der Waals surface area contributed by atoms with Crippen LogP contribution in [-0.2, 0) is 27.8 Å². The Labute approximate surface area is 155 Å². The van der Waals surface area contributed by atoms with E-state index in [-0.39, 0.29) is 17.1 Å². The van der Waals surface area contributed by atoms with Crippen molar-refractivity contribution >= 4 is 21.1 Å². The lowest BCUT2D eigenvalue weighted by molar-refractivity contribution is -0.0712. The molecule has 1 saturated heterocycles. The number of rotatable bonds is 5. The average molecular weight is 381 g/mol. The lowest BCUT2D eigenvalue weighted by atomic mass is 10.2. The van der Waals surface area contributed by atoms with Crippen molar-refractivity contribution in [2.24, 2.45) is 0 Å². The molecule has 3 rings (SSSR count). The molecule has 1 aliphatic heterocycles. The summed E-state index contributed by atoms with van der Waals surface area (Å²) in [5.74, 6) is 0.961. The van der Waals surface area contributed by atoms with Gasteiger partial charge >= 0.3 is 0 Å². The highest BCUT2D eigenvalue weighted by molar-refractivity contribution is 7.89. The lowest BCUT2D eigenvalue weighted by Gasteiger charge is -2.35. The number of nitrogens with zero attached hydrogens (tertiary/aromatic N) is 4. The third-order valence-electron chi connectivity index (χ3n) is 4.75. The van der Waals surface area contributed by atoms with Crippen molar-refractivity contribution in [1.29, 1.82) is 0 Å². The summed E-state index contributed by atoms with van der Waals surface area (Å²) in [6, 6.07) is 5.19. The number of imidazole rings is 1. The summed E-state index contributed by atoms with van der Waals surface area (Å²) in [6.45, 7) is 9.53. The van der Waals surface area contributed by atoms with Crippen molar-refractivity contribution in [3.8, 4) is 0 Å². The second-order valence-corrected chi connectivity index (χ2v) is 9.31. The van der Waals surface area contributed by atoms with Crippen molar-refractivity contribution in [3.63, 3.8) is 0 Å². The molecule has 144 valence electrons. The van der Waals surface area contributed by atoms with Crippen LogP contribution in [0.4, 0.5) is 0 Å². The topological polar surface area (TPSA) is 67.7 Å². The SMILES string of the molecule is CCn1c(CN2C[C@@H](C)O[C@H](C)C2)nc2cc(S(=O)(=O)N(C)C)ccc21. The Kier molecular flexibility index (Phi) is 5.39. The normalized spacial score (nSPS) is 22.4. The number of hydrogen-bond acceptors (Lipinski definition) is 5. The predicted octanol–water partition coefficient (Wildman–Crippen LogP) is 1.92. The fraction of sp³-hybridized carbons (Fsp3) is 0.611. The molecule has 0 spiro atoms. The van der Waals surface area contributed by atoms with Gasteiger partial charge in [-0.2, -0.15) is 0 Å². The summed E-state index contributed by atoms with van der Waals surface area (Å²) in [5.41, 5.74) is 1.69. The maximum Gasteiger partial charge on any atom is 0.242 e. The quantitative estimate of drug-likeness (QED) is 0.793. The van der Waals surface area contributed by atoms with E-state index in [1.807, 2.05) is 6.07 Å². The van der Waals surface area contributed by atoms with E-state index >= 15 is 0 Å². The fourth-order valence-electron chi connectivity index (χ4n) is 3.62. The molecule has 1 aromatic carbocycles. The van der Waals surface area contributed by atoms with Gasteiger partial charge in [0.15, 0.2) is 0 Å². The molecule has 2 aromatic rings. The molecule has 1 fully saturated rings. The zero-order chi connectivity index (χ0) is 19.1. The van der Waals surface area contributed by atoms with Crippen molar-refractivity contribution in [2.75, 3.05) is 27.2 Å². The van der Waals surface area contributed by atoms with Gasteiger partial charge in [0.25, 0.3) is 0 Å². The van der Waals surface area contributed by atoms with Gasteiger partial charge in [-0.3, -0.25) is 4.90 Å². The first-order chi connectivity index (χ1) is 12.2. The third kappa shape index (κ3) is 3.64. The summed E-state index contributed by atoms with van der Waals surface area (Å²) in [7, 11) is -0.387. The molecule has 1 aromatic heterocycles. The minimum atomic E-state index is -3.46. The largest absolute Gasteiger partial charge is 0.373 e. The first kappa shape index (κ1) is 19.3. The number of aryl methyl sites for hydroxylation is 1. The van der Waals surface area contributed by atoms with Gasteiger partial charge < -0.3 is 9.30 Å². The van der Waals surface area contributed by atoms with Crippen molar-refractivity contribution in [3.05, 3.63) is 24.0 Å². The van der Waals surface area contributed by atoms with Crippen LogP contribution in [-0.4, -0.2) is 66.6 Å². The Bertz CT molecular complexity index is 881. The van der Waals surface area contributed by atoms with Crippen LogP contribution in [0.15, 0.2) is 23.1 Å². The van der Waals surface area contributed by atoms with Gasteiger partial charge in [-0.25, -0.2) is 17.7 Å². The van der Waals surface area contributed by atoms with Crippen molar-refractivity contribution in [2.45, 2.75) is 51.0 Å². The Morgan fingerprint density at radius 2 is 1.88 bits per heavy atom. The molecule has 8 heteroatoms. The summed E-state index contributed by atoms with van der Waals surface area (Å²) in [5, 5.41) is 0. The average Bonchev–Trinajstić information content (AvgIpc) is 2.89. The van der Waals surface area contributed by atoms with Crippen LogP contribution in [0.1, 0.15) is 26.6 Å². The second-order valence-electron chi connectivity index (χ2n) is 7.16. The number of ether oxygens (including phenoxy) is 1. The van der Waals surface area contributed by atoms with Crippen LogP contribution in [0.3, 0.4) is 0 Å². The van der Waals surface area contributed by atoms with Gasteiger partial charge in [-0.05, 0) is 39.0 Å². The summed E-state index contributed by atoms with van der Waals surface area (Å²) in [6.07, 6.45) is 0.407. The minimum Gasteiger partial charge on any atom is -0.373 e. The number of hydrogen-bond donors (Lipinski definition) is 0. The van der Waals surface area contributed by atoms with Crippen LogP contribution in [0.5, 0.6) is 0 Å². The summed E-state index contributed by atoms with van der Waals surface area (Å²) in [4.78, 5) is 7.38. The van der Waals surface area contributed by atoms with Crippen LogP contribution in [0.2, 0.25) is 0 Å². The number of fused-ring (bicyclic) bond motifs is 1. The molecule has 0 radical (unpaired) electrons. The first-order valence-corrected chi connectivity index (χ1v) is 10.5. The van der Waals surface area contributed by atoms with E-state index in [0.717, 1.165) is 43.0 Å². The van der Waals surface area contributed by atoms with Gasteiger partial charge in [0, 0.05) is 33.7 Å². The number of aromatic nitrogens is 2. The molecular formula is C18H28N4O3S. The smallest absolute Gasteiger partial charge is 0.242 e. The summed E-state index contributed by atoms with van der Waals surface area (Å²) >= 11 is 0. The van der Waals surface area contributed by atoms with Gasteiger partial charge in [0.1, 0.15) is 5.82 Å². The number of benzene rings is 1. The molecule has 26 heavy (non-hydrogen) atoms. The number of morpholine rings is 1. The minimum absolute atomic E-state index is 0.204. The summed E-state index contributed by atoms with van der Waals surface area (Å²) < 4.78 is 34.0. The molecular weight excluding hydrogens is 352 g/mol. The van der Waals surface area contributed by atoms with E-state index in [1.165, 1.54) is 18.4 Å². The molecule has 2 atom stereocenters. The molecule has 0 aliphatic carbocycles. The highest BCUT2D eigenvalue weighted by Gasteiger charge is 2.24. The fourth-order valence-corrected chi connectivity index (χ4v) is 4.54. The maximum absolute atomic E-state index is 12.4. The van der Waals surface area contributed by atoms with Gasteiger partial charge in [0.05, 0.1) is 34.7 Å². The molecule has 1 aliphatic rings. The highest BCUT2D eigenvalue weighted by atomic mass is 32.2. The molecule has 0 N–H and O–H groups in total. The lowest BCUT2D eigenvalue weighted by Crippen LogP contribution is -2.45. The Morgan fingerprint density at radius 3 is 2.46 bits per heavy atom. The molecule has 0 amide bonds. The standard InChI is InChI=1S/C18H28N4O3S/c1-6-22-17-8-7-15(26(23,24)20(4)5)9-16(17)19-18(22)12-21-10-13(2)25-14(3)11-21/h7-9,13-14H,6,10-12H2,1-5H3/t13-,14-/m1/s1. The molecule has 0 unspecified atom stereocenters. The monoisotopic (exact) mass is 380 g/mol. The van der Waals surface area contributed by atoms with E-state index in [2.05, 4.69) is 30.2 Å². The molecule has 0 saturated carbocycles. The Hall–Kier alpha value is -1.48. The third-order valence-corrected chi connectivity index (χ3v) is 6.56. The zero-order valence-corrected chi connectivity index (χ0v) is 17.0. The zero-order valence-electron chi connectivity index (χ0n) is 16.1. The van der Waals surface area contributed by atoms with Crippen LogP contribution >= 0.6 is 0 Å². The van der Waals surface area contributed by atoms with Gasteiger partial charge in [-0.1, -0.05) is 0 Å². The van der Waals surface area contributed by atoms with Crippen molar-refractivity contribution in [1.82, 2.24) is 18.8 Å².